The average molecular weight is 362 g/mol. The monoisotopic (exact) mass is 361 g/mol. The van der Waals surface area contributed by atoms with E-state index in [4.69, 9.17) is 22.1 Å². The molecule has 25 heavy (non-hydrogen) atoms. The number of nitrogen functional groups attached to an aromatic ring is 1. The normalized spacial score (nSPS) is 10.0. The summed E-state index contributed by atoms with van der Waals surface area (Å²) in [7, 11) is 0. The van der Waals surface area contributed by atoms with E-state index in [1.165, 1.54) is 25.1 Å². The maximum Gasteiger partial charge on any atom is 0.340 e. The van der Waals surface area contributed by atoms with Gasteiger partial charge in [0.05, 0.1) is 5.56 Å². The molecule has 0 bridgehead atoms. The van der Waals surface area contributed by atoms with Gasteiger partial charge in [0.25, 0.3) is 5.91 Å². The van der Waals surface area contributed by atoms with Crippen molar-refractivity contribution in [3.05, 3.63) is 53.1 Å². The molecule has 0 aliphatic rings. The van der Waals surface area contributed by atoms with Crippen LogP contribution in [0.2, 0.25) is 5.02 Å². The van der Waals surface area contributed by atoms with Crippen molar-refractivity contribution in [1.29, 1.82) is 0 Å². The number of nitrogens with two attached hydrogens (primary N) is 1. The van der Waals surface area contributed by atoms with Gasteiger partial charge in [-0.2, -0.15) is 0 Å². The molecule has 0 aromatic heterocycles. The molecule has 2 aromatic rings. The van der Waals surface area contributed by atoms with Gasteiger partial charge < -0.3 is 21.1 Å². The molecule has 0 heterocycles. The lowest BCUT2D eigenvalue weighted by molar-refractivity contribution is -0.119. The number of hydrogen-bond acceptors (Lipinski definition) is 5. The zero-order valence-electron chi connectivity index (χ0n) is 13.3. The number of carbonyl (C=O) groups is 3. The smallest absolute Gasteiger partial charge is 0.340 e. The molecule has 0 atom stereocenters. The number of halogens is 1. The van der Waals surface area contributed by atoms with Crippen molar-refractivity contribution in [3.8, 4) is 0 Å². The van der Waals surface area contributed by atoms with Crippen LogP contribution in [0.15, 0.2) is 42.5 Å². The standard InChI is InChI=1S/C17H16ClN3O4/c1-10(22)20-12-3-2-4-13(8-12)21-16(23)9-25-17(24)14-6-5-11(18)7-15(14)19/h2-8H,9,19H2,1H3,(H,20,22)(H,21,23). The van der Waals surface area contributed by atoms with Crippen LogP contribution in [0.4, 0.5) is 17.1 Å². The Hall–Kier alpha value is -3.06. The fraction of sp³-hybridized carbons (Fsp3) is 0.118. The maximum absolute atomic E-state index is 11.9. The average Bonchev–Trinajstić information content (AvgIpc) is 2.52. The van der Waals surface area contributed by atoms with Crippen LogP contribution in [0.25, 0.3) is 0 Å². The van der Waals surface area contributed by atoms with Crippen LogP contribution in [0.3, 0.4) is 0 Å². The highest BCUT2D eigenvalue weighted by Gasteiger charge is 2.13. The summed E-state index contributed by atoms with van der Waals surface area (Å²) in [5, 5.41) is 5.56. The van der Waals surface area contributed by atoms with Crippen LogP contribution in [-0.4, -0.2) is 24.4 Å². The zero-order chi connectivity index (χ0) is 18.4. The van der Waals surface area contributed by atoms with E-state index in [9.17, 15) is 14.4 Å². The van der Waals surface area contributed by atoms with Crippen LogP contribution >= 0.6 is 11.6 Å². The number of hydrogen-bond donors (Lipinski definition) is 3. The molecule has 130 valence electrons. The number of benzene rings is 2. The highest BCUT2D eigenvalue weighted by Crippen LogP contribution is 2.19. The second kappa shape index (κ2) is 8.16. The first-order chi connectivity index (χ1) is 11.8. The molecule has 8 heteroatoms. The van der Waals surface area contributed by atoms with Crippen molar-refractivity contribution >= 4 is 46.4 Å². The minimum Gasteiger partial charge on any atom is -0.452 e. The fourth-order valence-corrected chi connectivity index (χ4v) is 2.18. The van der Waals surface area contributed by atoms with Crippen molar-refractivity contribution in [2.45, 2.75) is 6.92 Å². The third-order valence-electron chi connectivity index (χ3n) is 3.03. The topological polar surface area (TPSA) is 111 Å². The Morgan fingerprint density at radius 1 is 1.08 bits per heavy atom. The number of rotatable bonds is 5. The Labute approximate surface area is 149 Å². The minimum atomic E-state index is -0.726. The molecule has 0 saturated carbocycles. The van der Waals surface area contributed by atoms with Gasteiger partial charge in [-0.3, -0.25) is 9.59 Å². The van der Waals surface area contributed by atoms with Gasteiger partial charge in [0, 0.05) is 29.0 Å². The SMILES string of the molecule is CC(=O)Nc1cccc(NC(=O)COC(=O)c2ccc(Cl)cc2N)c1. The third kappa shape index (κ3) is 5.50. The summed E-state index contributed by atoms with van der Waals surface area (Å²) >= 11 is 5.76. The van der Waals surface area contributed by atoms with E-state index in [2.05, 4.69) is 10.6 Å². The van der Waals surface area contributed by atoms with Crippen molar-refractivity contribution in [1.82, 2.24) is 0 Å². The first kappa shape index (κ1) is 18.3. The van der Waals surface area contributed by atoms with Crippen molar-refractivity contribution in [2.75, 3.05) is 23.0 Å². The van der Waals surface area contributed by atoms with E-state index in [1.54, 1.807) is 24.3 Å². The lowest BCUT2D eigenvalue weighted by Crippen LogP contribution is -2.21. The lowest BCUT2D eigenvalue weighted by Gasteiger charge is -2.09. The number of carbonyl (C=O) groups excluding carboxylic acids is 3. The molecule has 2 rings (SSSR count). The summed E-state index contributed by atoms with van der Waals surface area (Å²) < 4.78 is 4.93. The van der Waals surface area contributed by atoms with E-state index in [0.29, 0.717) is 16.4 Å². The fourth-order valence-electron chi connectivity index (χ4n) is 2.00. The Kier molecular flexibility index (Phi) is 5.97. The Morgan fingerprint density at radius 3 is 2.40 bits per heavy atom. The van der Waals surface area contributed by atoms with Gasteiger partial charge in [0.15, 0.2) is 6.61 Å². The summed E-state index contributed by atoms with van der Waals surface area (Å²) in [6.45, 7) is 0.901. The molecule has 0 fully saturated rings. The van der Waals surface area contributed by atoms with Crippen molar-refractivity contribution in [2.24, 2.45) is 0 Å². The van der Waals surface area contributed by atoms with E-state index < -0.39 is 18.5 Å². The number of nitrogens with one attached hydrogen (secondary N) is 2. The third-order valence-corrected chi connectivity index (χ3v) is 3.27. The maximum atomic E-state index is 11.9. The first-order valence-corrected chi connectivity index (χ1v) is 7.62. The van der Waals surface area contributed by atoms with Gasteiger partial charge in [-0.25, -0.2) is 4.79 Å². The van der Waals surface area contributed by atoms with Crippen LogP contribution in [0.1, 0.15) is 17.3 Å². The lowest BCUT2D eigenvalue weighted by atomic mass is 10.2. The summed E-state index contributed by atoms with van der Waals surface area (Å²) in [5.41, 5.74) is 6.98. The van der Waals surface area contributed by atoms with Crippen molar-refractivity contribution < 1.29 is 19.1 Å². The Morgan fingerprint density at radius 2 is 1.76 bits per heavy atom. The molecule has 0 saturated heterocycles. The summed E-state index contributed by atoms with van der Waals surface area (Å²) in [5.74, 6) is -1.48. The molecule has 0 unspecified atom stereocenters. The minimum absolute atomic E-state index is 0.129. The van der Waals surface area contributed by atoms with Crippen molar-refractivity contribution in [3.63, 3.8) is 0 Å². The van der Waals surface area contributed by atoms with Crippen LogP contribution in [0, 0.1) is 0 Å². The Bertz CT molecular complexity index is 823. The Balaban J connectivity index is 1.92. The number of amides is 2. The summed E-state index contributed by atoms with van der Waals surface area (Å²) in [6, 6.07) is 10.9. The second-order valence-electron chi connectivity index (χ2n) is 5.12. The quantitative estimate of drug-likeness (QED) is 0.560. The van der Waals surface area contributed by atoms with E-state index in [1.807, 2.05) is 0 Å². The van der Waals surface area contributed by atoms with Gasteiger partial charge in [0.1, 0.15) is 0 Å². The van der Waals surface area contributed by atoms with Gasteiger partial charge in [0.2, 0.25) is 5.91 Å². The number of esters is 1. The van der Waals surface area contributed by atoms with Gasteiger partial charge >= 0.3 is 5.97 Å². The molecule has 0 aliphatic carbocycles. The first-order valence-electron chi connectivity index (χ1n) is 7.25. The molecular formula is C17H16ClN3O4. The number of anilines is 3. The molecule has 7 nitrogen and oxygen atoms in total. The summed E-state index contributed by atoms with van der Waals surface area (Å²) in [6.07, 6.45) is 0. The number of ether oxygens (including phenoxy) is 1. The predicted octanol–water partition coefficient (Wildman–Crippen LogP) is 2.68. The van der Waals surface area contributed by atoms with E-state index in [0.717, 1.165) is 0 Å². The molecular weight excluding hydrogens is 346 g/mol. The predicted molar refractivity (Wildman–Crippen MR) is 95.5 cm³/mol. The van der Waals surface area contributed by atoms with Crippen LogP contribution in [-0.2, 0) is 14.3 Å². The van der Waals surface area contributed by atoms with E-state index in [-0.39, 0.29) is 17.2 Å². The second-order valence-corrected chi connectivity index (χ2v) is 5.55. The van der Waals surface area contributed by atoms with Gasteiger partial charge in [-0.1, -0.05) is 17.7 Å². The van der Waals surface area contributed by atoms with Gasteiger partial charge in [-0.15, -0.1) is 0 Å². The molecule has 2 aromatic carbocycles. The van der Waals surface area contributed by atoms with Crippen LogP contribution in [0.5, 0.6) is 0 Å². The molecule has 4 N–H and O–H groups in total. The molecule has 0 spiro atoms. The summed E-state index contributed by atoms with van der Waals surface area (Å²) in [4.78, 5) is 34.9. The largest absolute Gasteiger partial charge is 0.452 e. The highest BCUT2D eigenvalue weighted by atomic mass is 35.5. The molecule has 0 radical (unpaired) electrons. The highest BCUT2D eigenvalue weighted by molar-refractivity contribution is 6.31. The zero-order valence-corrected chi connectivity index (χ0v) is 14.1. The molecule has 0 aliphatic heterocycles. The van der Waals surface area contributed by atoms with Gasteiger partial charge in [-0.05, 0) is 36.4 Å². The van der Waals surface area contributed by atoms with Crippen LogP contribution < -0.4 is 16.4 Å². The van der Waals surface area contributed by atoms with E-state index >= 15 is 0 Å². The molecule has 2 amide bonds.